The molecule has 0 aliphatic rings. The second-order valence-electron chi connectivity index (χ2n) is 4.67. The zero-order valence-corrected chi connectivity index (χ0v) is 11.7. The summed E-state index contributed by atoms with van der Waals surface area (Å²) in [4.78, 5) is 19.9. The van der Waals surface area contributed by atoms with Crippen molar-refractivity contribution in [2.45, 2.75) is 6.92 Å². The largest absolute Gasteiger partial charge is 0.322 e. The molecule has 1 aromatic carbocycles. The van der Waals surface area contributed by atoms with Gasteiger partial charge < -0.3 is 5.32 Å². The molecule has 0 atom stereocenters. The molecule has 0 fully saturated rings. The van der Waals surface area contributed by atoms with Gasteiger partial charge in [0.25, 0.3) is 5.91 Å². The number of benzene rings is 1. The summed E-state index contributed by atoms with van der Waals surface area (Å²) in [6.45, 7) is 1.80. The summed E-state index contributed by atoms with van der Waals surface area (Å²) in [5.74, 6) is 0.254. The molecule has 0 saturated heterocycles. The smallest absolute Gasteiger partial charge is 0.257 e. The van der Waals surface area contributed by atoms with Crippen LogP contribution in [0.2, 0.25) is 0 Å². The van der Waals surface area contributed by atoms with Crippen molar-refractivity contribution in [3.05, 3.63) is 59.9 Å². The molecule has 2 heterocycles. The fourth-order valence-electron chi connectivity index (χ4n) is 1.95. The molecule has 110 valence electrons. The molecule has 22 heavy (non-hydrogen) atoms. The van der Waals surface area contributed by atoms with Crippen molar-refractivity contribution in [1.82, 2.24) is 20.2 Å². The maximum absolute atomic E-state index is 13.1. The van der Waals surface area contributed by atoms with Crippen LogP contribution in [0.15, 0.2) is 42.7 Å². The number of aryl methyl sites for hydroxylation is 1. The Hall–Kier alpha value is -3.09. The van der Waals surface area contributed by atoms with E-state index in [2.05, 4.69) is 25.5 Å². The molecule has 3 aromatic rings. The van der Waals surface area contributed by atoms with E-state index in [0.717, 1.165) is 17.8 Å². The molecule has 0 spiro atoms. The van der Waals surface area contributed by atoms with Crippen LogP contribution >= 0.6 is 0 Å². The van der Waals surface area contributed by atoms with Gasteiger partial charge in [0, 0.05) is 17.4 Å². The summed E-state index contributed by atoms with van der Waals surface area (Å²) in [7, 11) is 0. The monoisotopic (exact) mass is 297 g/mol. The first-order chi connectivity index (χ1) is 10.6. The molecular formula is C15H12FN5O. The number of aromatic nitrogens is 4. The van der Waals surface area contributed by atoms with E-state index in [1.165, 1.54) is 6.20 Å². The summed E-state index contributed by atoms with van der Waals surface area (Å²) in [5.41, 5.74) is 1.48. The second-order valence-corrected chi connectivity index (χ2v) is 4.67. The highest BCUT2D eigenvalue weighted by atomic mass is 19.1. The third kappa shape index (κ3) is 2.98. The highest BCUT2D eigenvalue weighted by Gasteiger charge is 2.09. The minimum atomic E-state index is -0.558. The highest BCUT2D eigenvalue weighted by Crippen LogP contribution is 2.19. The number of hydrogen-bond acceptors (Lipinski definition) is 4. The van der Waals surface area contributed by atoms with Crippen LogP contribution in [-0.2, 0) is 0 Å². The molecule has 6 nitrogen and oxygen atoms in total. The van der Waals surface area contributed by atoms with E-state index in [0.29, 0.717) is 17.3 Å². The van der Waals surface area contributed by atoms with Gasteiger partial charge in [-0.2, -0.15) is 5.10 Å². The topological polar surface area (TPSA) is 83.6 Å². The van der Waals surface area contributed by atoms with Gasteiger partial charge in [-0.3, -0.25) is 14.9 Å². The van der Waals surface area contributed by atoms with Gasteiger partial charge in [-0.15, -0.1) is 0 Å². The van der Waals surface area contributed by atoms with E-state index >= 15 is 0 Å². The lowest BCUT2D eigenvalue weighted by Crippen LogP contribution is -2.12. The molecular weight excluding hydrogens is 285 g/mol. The predicted molar refractivity (Wildman–Crippen MR) is 78.7 cm³/mol. The molecule has 0 aliphatic carbocycles. The van der Waals surface area contributed by atoms with Gasteiger partial charge in [-0.05, 0) is 25.1 Å². The summed E-state index contributed by atoms with van der Waals surface area (Å²) < 4.78 is 13.1. The molecule has 0 aliphatic heterocycles. The van der Waals surface area contributed by atoms with Gasteiger partial charge in [-0.25, -0.2) is 9.37 Å². The lowest BCUT2D eigenvalue weighted by atomic mass is 10.2. The number of anilines is 1. The first-order valence-electron chi connectivity index (χ1n) is 6.53. The Morgan fingerprint density at radius 3 is 2.86 bits per heavy atom. The van der Waals surface area contributed by atoms with Crippen LogP contribution in [0, 0.1) is 12.7 Å². The Morgan fingerprint density at radius 2 is 2.14 bits per heavy atom. The van der Waals surface area contributed by atoms with E-state index in [4.69, 9.17) is 0 Å². The number of halogens is 1. The average molecular weight is 297 g/mol. The number of amides is 1. The van der Waals surface area contributed by atoms with Crippen molar-refractivity contribution in [2.75, 3.05) is 5.32 Å². The maximum Gasteiger partial charge on any atom is 0.257 e. The van der Waals surface area contributed by atoms with Gasteiger partial charge >= 0.3 is 0 Å². The number of carbonyl (C=O) groups excluding carboxylic acids is 1. The Balaban J connectivity index is 1.82. The summed E-state index contributed by atoms with van der Waals surface area (Å²) in [6.07, 6.45) is 2.35. The lowest BCUT2D eigenvalue weighted by molar-refractivity contribution is 0.102. The second kappa shape index (κ2) is 5.72. The molecule has 7 heteroatoms. The van der Waals surface area contributed by atoms with Crippen LogP contribution < -0.4 is 5.32 Å². The van der Waals surface area contributed by atoms with Crippen LogP contribution in [0.25, 0.3) is 11.4 Å². The molecule has 3 rings (SSSR count). The quantitative estimate of drug-likeness (QED) is 0.778. The SMILES string of the molecule is Cc1nc(-c2cccc(NC(=O)c3cncc(F)c3)c2)n[nH]1. The Labute approximate surface area is 125 Å². The first-order valence-corrected chi connectivity index (χ1v) is 6.53. The lowest BCUT2D eigenvalue weighted by Gasteiger charge is -2.06. The Kier molecular flexibility index (Phi) is 3.61. The summed E-state index contributed by atoms with van der Waals surface area (Å²) >= 11 is 0. The normalized spacial score (nSPS) is 10.5. The molecule has 0 radical (unpaired) electrons. The van der Waals surface area contributed by atoms with E-state index < -0.39 is 11.7 Å². The molecule has 0 unspecified atom stereocenters. The van der Waals surface area contributed by atoms with E-state index in [1.54, 1.807) is 25.1 Å². The molecule has 0 bridgehead atoms. The first kappa shape index (κ1) is 13.9. The van der Waals surface area contributed by atoms with Gasteiger partial charge in [0.2, 0.25) is 0 Å². The van der Waals surface area contributed by atoms with E-state index in [1.807, 2.05) is 6.07 Å². The number of carbonyl (C=O) groups is 1. The number of aromatic amines is 1. The minimum absolute atomic E-state index is 0.152. The number of nitrogens with zero attached hydrogens (tertiary/aromatic N) is 3. The predicted octanol–water partition coefficient (Wildman–Crippen LogP) is 2.57. The van der Waals surface area contributed by atoms with E-state index in [9.17, 15) is 9.18 Å². The number of rotatable bonds is 3. The van der Waals surface area contributed by atoms with Crippen molar-refractivity contribution in [2.24, 2.45) is 0 Å². The molecule has 2 aromatic heterocycles. The van der Waals surface area contributed by atoms with Crippen molar-refractivity contribution in [1.29, 1.82) is 0 Å². The number of hydrogen-bond donors (Lipinski definition) is 2. The molecule has 2 N–H and O–H groups in total. The Morgan fingerprint density at radius 1 is 1.27 bits per heavy atom. The van der Waals surface area contributed by atoms with Crippen LogP contribution in [0.5, 0.6) is 0 Å². The Bertz CT molecular complexity index is 830. The fourth-order valence-corrected chi connectivity index (χ4v) is 1.95. The summed E-state index contributed by atoms with van der Waals surface area (Å²) in [5, 5.41) is 9.52. The third-order valence-electron chi connectivity index (χ3n) is 2.94. The van der Waals surface area contributed by atoms with Crippen molar-refractivity contribution < 1.29 is 9.18 Å². The molecule has 0 saturated carbocycles. The zero-order chi connectivity index (χ0) is 15.5. The van der Waals surface area contributed by atoms with Gasteiger partial charge in [0.05, 0.1) is 11.8 Å². The van der Waals surface area contributed by atoms with Crippen LogP contribution in [0.4, 0.5) is 10.1 Å². The fraction of sp³-hybridized carbons (Fsp3) is 0.0667. The molecule has 1 amide bonds. The van der Waals surface area contributed by atoms with Crippen molar-refractivity contribution in [3.63, 3.8) is 0 Å². The van der Waals surface area contributed by atoms with Crippen LogP contribution in [-0.4, -0.2) is 26.1 Å². The van der Waals surface area contributed by atoms with Crippen molar-refractivity contribution >= 4 is 11.6 Å². The summed E-state index contributed by atoms with van der Waals surface area (Å²) in [6, 6.07) is 8.22. The third-order valence-corrected chi connectivity index (χ3v) is 2.94. The number of pyridine rings is 1. The van der Waals surface area contributed by atoms with Crippen molar-refractivity contribution in [3.8, 4) is 11.4 Å². The van der Waals surface area contributed by atoms with Gasteiger partial charge in [0.1, 0.15) is 11.6 Å². The van der Waals surface area contributed by atoms with Crippen LogP contribution in [0.1, 0.15) is 16.2 Å². The number of nitrogens with one attached hydrogen (secondary N) is 2. The standard InChI is InChI=1S/C15H12FN5O/c1-9-18-14(21-20-9)10-3-2-4-13(6-10)19-15(22)11-5-12(16)8-17-7-11/h2-8H,1H3,(H,19,22)(H,18,20,21). The maximum atomic E-state index is 13.1. The zero-order valence-electron chi connectivity index (χ0n) is 11.7. The van der Waals surface area contributed by atoms with Gasteiger partial charge in [-0.1, -0.05) is 12.1 Å². The number of H-pyrrole nitrogens is 1. The minimum Gasteiger partial charge on any atom is -0.322 e. The van der Waals surface area contributed by atoms with E-state index in [-0.39, 0.29) is 5.56 Å². The van der Waals surface area contributed by atoms with Crippen LogP contribution in [0.3, 0.4) is 0 Å². The highest BCUT2D eigenvalue weighted by molar-refractivity contribution is 6.04. The van der Waals surface area contributed by atoms with Gasteiger partial charge in [0.15, 0.2) is 5.82 Å². The average Bonchev–Trinajstić information content (AvgIpc) is 2.94.